The summed E-state index contributed by atoms with van der Waals surface area (Å²) in [5.41, 5.74) is 4.33. The van der Waals surface area contributed by atoms with Crippen LogP contribution in [-0.2, 0) is 6.54 Å². The normalized spacial score (nSPS) is 11.5. The van der Waals surface area contributed by atoms with Crippen molar-refractivity contribution < 1.29 is 0 Å². The summed E-state index contributed by atoms with van der Waals surface area (Å²) in [6.07, 6.45) is 3.80. The van der Waals surface area contributed by atoms with E-state index in [0.29, 0.717) is 15.2 Å². The number of hydrogen-bond acceptors (Lipinski definition) is 5. The Morgan fingerprint density at radius 3 is 2.58 bits per heavy atom. The van der Waals surface area contributed by atoms with E-state index >= 15 is 0 Å². The van der Waals surface area contributed by atoms with Crippen LogP contribution in [0.2, 0.25) is 5.02 Å². The van der Waals surface area contributed by atoms with E-state index in [2.05, 4.69) is 16.5 Å². The summed E-state index contributed by atoms with van der Waals surface area (Å²) in [4.78, 5) is 25.8. The highest BCUT2D eigenvalue weighted by atomic mass is 35.5. The van der Waals surface area contributed by atoms with Crippen molar-refractivity contribution >= 4 is 50.1 Å². The van der Waals surface area contributed by atoms with E-state index in [9.17, 15) is 4.79 Å². The van der Waals surface area contributed by atoms with Gasteiger partial charge < -0.3 is 9.47 Å². The lowest BCUT2D eigenvalue weighted by Crippen LogP contribution is -2.17. The summed E-state index contributed by atoms with van der Waals surface area (Å²) in [5.74, 6) is 0.919. The summed E-state index contributed by atoms with van der Waals surface area (Å²) in [5, 5.41) is 0.685. The molecule has 0 bridgehead atoms. The van der Waals surface area contributed by atoms with Gasteiger partial charge in [0.15, 0.2) is 0 Å². The van der Waals surface area contributed by atoms with Crippen LogP contribution in [-0.4, -0.2) is 33.2 Å². The predicted octanol–water partition coefficient (Wildman–Crippen LogP) is 5.98. The average Bonchev–Trinajstić information content (AvgIpc) is 3.40. The van der Waals surface area contributed by atoms with Gasteiger partial charge >= 0.3 is 0 Å². The molecule has 3 heterocycles. The molecule has 33 heavy (non-hydrogen) atoms. The Balaban J connectivity index is 1.59. The smallest absolute Gasteiger partial charge is 0.275 e. The van der Waals surface area contributed by atoms with Crippen molar-refractivity contribution in [2.75, 3.05) is 19.0 Å². The standard InChI is InChI=1S/C25H24ClN5OS/c1-4-5-12-30-21-11-10-18(13-19(21)28-25(30)29(2)3)31-15-27-20-14-22(33-23(20)24(31)32)16-6-8-17(26)9-7-16/h6-11,13-15H,4-5,12H2,1-3H3. The second-order valence-electron chi connectivity index (χ2n) is 8.24. The van der Waals surface area contributed by atoms with E-state index < -0.39 is 0 Å². The third-order valence-corrected chi connectivity index (χ3v) is 7.10. The molecule has 2 aromatic carbocycles. The van der Waals surface area contributed by atoms with Crippen molar-refractivity contribution in [3.63, 3.8) is 0 Å². The number of benzene rings is 2. The number of halogens is 1. The third kappa shape index (κ3) is 3.92. The van der Waals surface area contributed by atoms with Gasteiger partial charge in [0.2, 0.25) is 5.95 Å². The quantitative estimate of drug-likeness (QED) is 0.301. The van der Waals surface area contributed by atoms with Gasteiger partial charge in [-0.05, 0) is 48.4 Å². The van der Waals surface area contributed by atoms with E-state index in [1.807, 2.05) is 67.5 Å². The first-order valence-electron chi connectivity index (χ1n) is 10.9. The molecule has 0 saturated heterocycles. The monoisotopic (exact) mass is 477 g/mol. The van der Waals surface area contributed by atoms with Crippen molar-refractivity contribution in [1.29, 1.82) is 0 Å². The SMILES string of the molecule is CCCCn1c(N(C)C)nc2cc(-n3cnc4cc(-c5ccc(Cl)cc5)sc4c3=O)ccc21. The fraction of sp³-hybridized carbons (Fsp3) is 0.240. The Labute approximate surface area is 200 Å². The van der Waals surface area contributed by atoms with Crippen LogP contribution >= 0.6 is 22.9 Å². The summed E-state index contributed by atoms with van der Waals surface area (Å²) >= 11 is 7.46. The summed E-state index contributed by atoms with van der Waals surface area (Å²) < 4.78 is 4.47. The number of unbranched alkanes of at least 4 members (excludes halogenated alkanes) is 1. The number of aryl methyl sites for hydroxylation is 1. The molecule has 5 aromatic rings. The Kier molecular flexibility index (Phi) is 5.68. The second-order valence-corrected chi connectivity index (χ2v) is 9.72. The van der Waals surface area contributed by atoms with E-state index in [1.54, 1.807) is 10.9 Å². The van der Waals surface area contributed by atoms with Gasteiger partial charge in [0.1, 0.15) is 11.0 Å². The Bertz CT molecular complexity index is 1510. The van der Waals surface area contributed by atoms with Crippen molar-refractivity contribution in [2.45, 2.75) is 26.3 Å². The molecule has 3 aromatic heterocycles. The van der Waals surface area contributed by atoms with Crippen LogP contribution in [0, 0.1) is 0 Å². The van der Waals surface area contributed by atoms with Gasteiger partial charge in [-0.1, -0.05) is 37.1 Å². The molecule has 0 aliphatic heterocycles. The maximum absolute atomic E-state index is 13.4. The van der Waals surface area contributed by atoms with Crippen LogP contribution in [0.3, 0.4) is 0 Å². The molecule has 8 heteroatoms. The van der Waals surface area contributed by atoms with Gasteiger partial charge in [0.25, 0.3) is 5.56 Å². The minimum Gasteiger partial charge on any atom is -0.348 e. The zero-order valence-electron chi connectivity index (χ0n) is 18.7. The van der Waals surface area contributed by atoms with Crippen LogP contribution < -0.4 is 10.5 Å². The summed E-state index contributed by atoms with van der Waals surface area (Å²) in [7, 11) is 4.00. The maximum Gasteiger partial charge on any atom is 0.275 e. The lowest BCUT2D eigenvalue weighted by Gasteiger charge is -2.14. The first-order valence-corrected chi connectivity index (χ1v) is 12.1. The third-order valence-electron chi connectivity index (χ3n) is 5.69. The number of aromatic nitrogens is 4. The molecule has 6 nitrogen and oxygen atoms in total. The molecule has 0 radical (unpaired) electrons. The zero-order valence-corrected chi connectivity index (χ0v) is 20.3. The lowest BCUT2D eigenvalue weighted by molar-refractivity contribution is 0.642. The molecule has 0 N–H and O–H groups in total. The van der Waals surface area contributed by atoms with Crippen molar-refractivity contribution in [1.82, 2.24) is 19.1 Å². The van der Waals surface area contributed by atoms with Gasteiger partial charge in [0.05, 0.1) is 22.2 Å². The largest absolute Gasteiger partial charge is 0.348 e. The molecular formula is C25H24ClN5OS. The molecule has 0 saturated carbocycles. The Morgan fingerprint density at radius 2 is 1.85 bits per heavy atom. The highest BCUT2D eigenvalue weighted by molar-refractivity contribution is 7.22. The number of fused-ring (bicyclic) bond motifs is 2. The van der Waals surface area contributed by atoms with Crippen LogP contribution in [0.15, 0.2) is 59.7 Å². The van der Waals surface area contributed by atoms with Gasteiger partial charge in [-0.15, -0.1) is 11.3 Å². The number of anilines is 1. The van der Waals surface area contributed by atoms with E-state index in [-0.39, 0.29) is 5.56 Å². The zero-order chi connectivity index (χ0) is 23.1. The van der Waals surface area contributed by atoms with E-state index in [1.165, 1.54) is 11.3 Å². The molecule has 0 atom stereocenters. The maximum atomic E-state index is 13.4. The lowest BCUT2D eigenvalue weighted by atomic mass is 10.2. The first-order chi connectivity index (χ1) is 16.0. The van der Waals surface area contributed by atoms with Gasteiger partial charge in [-0.2, -0.15) is 0 Å². The highest BCUT2D eigenvalue weighted by Crippen LogP contribution is 2.32. The summed E-state index contributed by atoms with van der Waals surface area (Å²) in [6.45, 7) is 3.10. The Morgan fingerprint density at radius 1 is 1.06 bits per heavy atom. The molecule has 168 valence electrons. The topological polar surface area (TPSA) is 56.0 Å². The second kappa shape index (κ2) is 8.65. The van der Waals surface area contributed by atoms with Crippen molar-refractivity contribution in [3.8, 4) is 16.1 Å². The number of imidazole rings is 1. The minimum atomic E-state index is -0.0807. The number of nitrogens with zero attached hydrogens (tertiary/aromatic N) is 5. The Hall–Kier alpha value is -3.16. The number of rotatable bonds is 6. The van der Waals surface area contributed by atoms with Gasteiger partial charge in [-0.3, -0.25) is 9.36 Å². The van der Waals surface area contributed by atoms with Crippen LogP contribution in [0.1, 0.15) is 19.8 Å². The fourth-order valence-electron chi connectivity index (χ4n) is 3.99. The number of thiophene rings is 1. The van der Waals surface area contributed by atoms with Gasteiger partial charge in [-0.25, -0.2) is 9.97 Å². The van der Waals surface area contributed by atoms with Crippen LogP contribution in [0.25, 0.3) is 37.4 Å². The molecule has 0 unspecified atom stereocenters. The average molecular weight is 478 g/mol. The van der Waals surface area contributed by atoms with E-state index in [4.69, 9.17) is 16.6 Å². The minimum absolute atomic E-state index is 0.0807. The fourth-order valence-corrected chi connectivity index (χ4v) is 5.16. The van der Waals surface area contributed by atoms with Crippen LogP contribution in [0.4, 0.5) is 5.95 Å². The van der Waals surface area contributed by atoms with Crippen LogP contribution in [0.5, 0.6) is 0 Å². The molecule has 0 aliphatic carbocycles. The first kappa shape index (κ1) is 21.7. The summed E-state index contributed by atoms with van der Waals surface area (Å²) in [6, 6.07) is 15.5. The molecule has 0 amide bonds. The van der Waals surface area contributed by atoms with E-state index in [0.717, 1.165) is 52.5 Å². The van der Waals surface area contributed by atoms with Crippen molar-refractivity contribution in [2.24, 2.45) is 0 Å². The van der Waals surface area contributed by atoms with Gasteiger partial charge in [0, 0.05) is 30.5 Å². The molecule has 0 fully saturated rings. The molecule has 5 rings (SSSR count). The molecule has 0 spiro atoms. The number of hydrogen-bond donors (Lipinski definition) is 0. The highest BCUT2D eigenvalue weighted by Gasteiger charge is 2.15. The molecule has 0 aliphatic rings. The van der Waals surface area contributed by atoms with Crippen molar-refractivity contribution in [3.05, 3.63) is 70.2 Å². The predicted molar refractivity (Wildman–Crippen MR) is 138 cm³/mol. The molecular weight excluding hydrogens is 454 g/mol.